The second-order valence-corrected chi connectivity index (χ2v) is 4.62. The van der Waals surface area contributed by atoms with Gasteiger partial charge in [0.25, 0.3) is 5.91 Å². The normalized spacial score (nSPS) is 11.0. The van der Waals surface area contributed by atoms with Gasteiger partial charge in [0.05, 0.1) is 5.56 Å². The number of rotatable bonds is 5. The molecular formula is C17H18N2O3. The maximum Gasteiger partial charge on any atom is 0.273 e. The van der Waals surface area contributed by atoms with Gasteiger partial charge in [-0.15, -0.1) is 0 Å². The van der Waals surface area contributed by atoms with Gasteiger partial charge < -0.3 is 14.9 Å². The maximum absolute atomic E-state index is 12.0. The number of carbonyl (C=O) groups excluding carboxylic acids is 1. The molecule has 1 N–H and O–H groups in total. The van der Waals surface area contributed by atoms with E-state index < -0.39 is 0 Å². The van der Waals surface area contributed by atoms with Crippen molar-refractivity contribution in [3.63, 3.8) is 0 Å². The fourth-order valence-corrected chi connectivity index (χ4v) is 1.96. The van der Waals surface area contributed by atoms with Gasteiger partial charge in [-0.3, -0.25) is 4.79 Å². The Morgan fingerprint density at radius 1 is 1.14 bits per heavy atom. The molecular weight excluding hydrogens is 280 g/mol. The number of amides is 1. The smallest absolute Gasteiger partial charge is 0.273 e. The third-order valence-electron chi connectivity index (χ3n) is 2.99. The average Bonchev–Trinajstić information content (AvgIpc) is 2.55. The lowest BCUT2D eigenvalue weighted by Crippen LogP contribution is -2.29. The molecule has 22 heavy (non-hydrogen) atoms. The molecule has 0 aromatic heterocycles. The third kappa shape index (κ3) is 3.63. The van der Waals surface area contributed by atoms with Crippen LogP contribution in [0.25, 0.3) is 0 Å². The van der Waals surface area contributed by atoms with Crippen LogP contribution in [0.4, 0.5) is 0 Å². The quantitative estimate of drug-likeness (QED) is 0.682. The fourth-order valence-electron chi connectivity index (χ4n) is 1.96. The van der Waals surface area contributed by atoms with Crippen molar-refractivity contribution in [1.29, 1.82) is 0 Å². The molecule has 5 nitrogen and oxygen atoms in total. The topological polar surface area (TPSA) is 59.9 Å². The molecule has 0 bridgehead atoms. The molecule has 2 aromatic rings. The van der Waals surface area contributed by atoms with Crippen molar-refractivity contribution >= 4 is 11.6 Å². The molecule has 5 heteroatoms. The molecule has 0 aliphatic carbocycles. The molecule has 0 unspecified atom stereocenters. The van der Waals surface area contributed by atoms with Crippen molar-refractivity contribution in [3.8, 4) is 11.5 Å². The number of para-hydroxylation sites is 1. The number of likely N-dealkylation sites (N-methyl/N-ethyl adjacent to an activating group) is 1. The van der Waals surface area contributed by atoms with Crippen LogP contribution in [0.3, 0.4) is 0 Å². The van der Waals surface area contributed by atoms with Crippen LogP contribution in [0.1, 0.15) is 11.1 Å². The second-order valence-electron chi connectivity index (χ2n) is 4.62. The van der Waals surface area contributed by atoms with Gasteiger partial charge in [-0.25, -0.2) is 0 Å². The Hall–Kier alpha value is -2.82. The first kappa shape index (κ1) is 15.6. The Morgan fingerprint density at radius 3 is 2.50 bits per heavy atom. The van der Waals surface area contributed by atoms with E-state index in [0.717, 1.165) is 5.56 Å². The van der Waals surface area contributed by atoms with Gasteiger partial charge >= 0.3 is 0 Å². The van der Waals surface area contributed by atoms with E-state index in [1.807, 2.05) is 55.5 Å². The highest BCUT2D eigenvalue weighted by Crippen LogP contribution is 2.27. The summed E-state index contributed by atoms with van der Waals surface area (Å²) in [7, 11) is 2.94. The van der Waals surface area contributed by atoms with E-state index in [4.69, 9.17) is 9.57 Å². The summed E-state index contributed by atoms with van der Waals surface area (Å²) in [6, 6.07) is 14.9. The summed E-state index contributed by atoms with van der Waals surface area (Å²) in [5.74, 6) is 0.878. The SMILES string of the molecule is CNC(=O)C(=NOC)c1cc(C)ccc1Oc1ccccc1. The van der Waals surface area contributed by atoms with Crippen LogP contribution in [0.5, 0.6) is 11.5 Å². The van der Waals surface area contributed by atoms with Crippen LogP contribution in [-0.4, -0.2) is 25.8 Å². The highest BCUT2D eigenvalue weighted by atomic mass is 16.6. The third-order valence-corrected chi connectivity index (χ3v) is 2.99. The summed E-state index contributed by atoms with van der Waals surface area (Å²) in [4.78, 5) is 16.8. The number of nitrogens with zero attached hydrogens (tertiary/aromatic N) is 1. The molecule has 1 amide bonds. The standard InChI is InChI=1S/C17H18N2O3/c1-12-9-10-15(22-13-7-5-4-6-8-13)14(11-12)16(19-21-3)17(20)18-2/h4-11H,1-3H3,(H,18,20). The van der Waals surface area contributed by atoms with Crippen LogP contribution in [0.2, 0.25) is 0 Å². The monoisotopic (exact) mass is 298 g/mol. The maximum atomic E-state index is 12.0. The number of ether oxygens (including phenoxy) is 1. The molecule has 2 rings (SSSR count). The molecule has 0 saturated carbocycles. The Labute approximate surface area is 129 Å². The number of benzene rings is 2. The fraction of sp³-hybridized carbons (Fsp3) is 0.176. The minimum absolute atomic E-state index is 0.166. The zero-order valence-corrected chi connectivity index (χ0v) is 12.8. The predicted molar refractivity (Wildman–Crippen MR) is 85.3 cm³/mol. The molecule has 0 spiro atoms. The van der Waals surface area contributed by atoms with Gasteiger partial charge in [0.1, 0.15) is 18.6 Å². The largest absolute Gasteiger partial charge is 0.457 e. The second kappa shape index (κ2) is 7.26. The van der Waals surface area contributed by atoms with Crippen molar-refractivity contribution in [2.45, 2.75) is 6.92 Å². The van der Waals surface area contributed by atoms with Gasteiger partial charge in [0.2, 0.25) is 0 Å². The predicted octanol–water partition coefficient (Wildman–Crippen LogP) is 2.88. The summed E-state index contributed by atoms with van der Waals surface area (Å²) in [5.41, 5.74) is 1.73. The minimum Gasteiger partial charge on any atom is -0.457 e. The summed E-state index contributed by atoms with van der Waals surface area (Å²) in [6.07, 6.45) is 0. The van der Waals surface area contributed by atoms with Gasteiger partial charge in [0, 0.05) is 7.05 Å². The summed E-state index contributed by atoms with van der Waals surface area (Å²) in [6.45, 7) is 1.93. The van der Waals surface area contributed by atoms with E-state index in [1.165, 1.54) is 7.11 Å². The molecule has 2 aromatic carbocycles. The van der Waals surface area contributed by atoms with Crippen molar-refractivity contribution < 1.29 is 14.4 Å². The molecule has 114 valence electrons. The van der Waals surface area contributed by atoms with Crippen LogP contribution in [-0.2, 0) is 9.63 Å². The Morgan fingerprint density at radius 2 is 1.86 bits per heavy atom. The number of oxime groups is 1. The summed E-state index contributed by atoms with van der Waals surface area (Å²) in [5, 5.41) is 6.39. The molecule has 0 saturated heterocycles. The van der Waals surface area contributed by atoms with Crippen molar-refractivity contribution in [2.75, 3.05) is 14.2 Å². The number of aryl methyl sites for hydroxylation is 1. The Kier molecular flexibility index (Phi) is 5.14. The first-order chi connectivity index (χ1) is 10.7. The molecule has 0 aliphatic rings. The molecule has 0 radical (unpaired) electrons. The van der Waals surface area contributed by atoms with Crippen molar-refractivity contribution in [3.05, 3.63) is 59.7 Å². The molecule has 0 heterocycles. The lowest BCUT2D eigenvalue weighted by molar-refractivity contribution is -0.114. The molecule has 0 aliphatic heterocycles. The highest BCUT2D eigenvalue weighted by molar-refractivity contribution is 6.45. The molecule has 0 fully saturated rings. The number of hydrogen-bond donors (Lipinski definition) is 1. The van der Waals surface area contributed by atoms with Crippen molar-refractivity contribution in [2.24, 2.45) is 5.16 Å². The van der Waals surface area contributed by atoms with E-state index in [1.54, 1.807) is 7.05 Å². The van der Waals surface area contributed by atoms with Gasteiger partial charge in [-0.2, -0.15) is 0 Å². The first-order valence-corrected chi connectivity index (χ1v) is 6.83. The van der Waals surface area contributed by atoms with Crippen LogP contribution < -0.4 is 10.1 Å². The lowest BCUT2D eigenvalue weighted by Gasteiger charge is -2.13. The zero-order valence-electron chi connectivity index (χ0n) is 12.8. The summed E-state index contributed by atoms with van der Waals surface area (Å²) >= 11 is 0. The minimum atomic E-state index is -0.342. The molecule has 0 atom stereocenters. The van der Waals surface area contributed by atoms with Gasteiger partial charge in [-0.1, -0.05) is 35.0 Å². The van der Waals surface area contributed by atoms with Crippen LogP contribution >= 0.6 is 0 Å². The summed E-state index contributed by atoms with van der Waals surface area (Å²) < 4.78 is 5.87. The van der Waals surface area contributed by atoms with E-state index in [-0.39, 0.29) is 11.6 Å². The number of carbonyl (C=O) groups is 1. The van der Waals surface area contributed by atoms with Gasteiger partial charge in [0.15, 0.2) is 5.71 Å². The first-order valence-electron chi connectivity index (χ1n) is 6.83. The van der Waals surface area contributed by atoms with E-state index in [0.29, 0.717) is 17.1 Å². The number of hydrogen-bond acceptors (Lipinski definition) is 4. The van der Waals surface area contributed by atoms with E-state index in [2.05, 4.69) is 10.5 Å². The van der Waals surface area contributed by atoms with E-state index in [9.17, 15) is 4.79 Å². The average molecular weight is 298 g/mol. The Bertz CT molecular complexity index is 682. The Balaban J connectivity index is 2.47. The van der Waals surface area contributed by atoms with E-state index >= 15 is 0 Å². The zero-order chi connectivity index (χ0) is 15.9. The van der Waals surface area contributed by atoms with Crippen LogP contribution in [0, 0.1) is 6.92 Å². The highest BCUT2D eigenvalue weighted by Gasteiger charge is 2.19. The van der Waals surface area contributed by atoms with Crippen molar-refractivity contribution in [1.82, 2.24) is 5.32 Å². The van der Waals surface area contributed by atoms with Crippen LogP contribution in [0.15, 0.2) is 53.7 Å². The lowest BCUT2D eigenvalue weighted by atomic mass is 10.1. The number of nitrogens with one attached hydrogen (secondary N) is 1. The van der Waals surface area contributed by atoms with Gasteiger partial charge in [-0.05, 0) is 31.2 Å².